The van der Waals surface area contributed by atoms with Gasteiger partial charge in [-0.05, 0) is 38.1 Å². The second-order valence-electron chi connectivity index (χ2n) is 4.18. The normalized spacial score (nSPS) is 14.0. The van der Waals surface area contributed by atoms with Crippen molar-refractivity contribution in [2.24, 2.45) is 0 Å². The van der Waals surface area contributed by atoms with Crippen LogP contribution in [0.1, 0.15) is 29.6 Å². The molecule has 0 aliphatic carbocycles. The molecule has 3 heteroatoms. The van der Waals surface area contributed by atoms with Crippen LogP contribution in [-0.2, 0) is 0 Å². The van der Waals surface area contributed by atoms with Crippen LogP contribution in [0.4, 0.5) is 0 Å². The molecule has 1 amide bonds. The van der Waals surface area contributed by atoms with Gasteiger partial charge in [-0.3, -0.25) is 4.79 Å². The molecule has 0 atom stereocenters. The Balaban J connectivity index is 0.000000225. The Morgan fingerprint density at radius 3 is 2.33 bits per heavy atom. The molecule has 1 fully saturated rings. The molecular weight excluding hydrogens is 224 g/mol. The zero-order valence-electron chi connectivity index (χ0n) is 10.8. The number of carbonyl (C=O) groups excluding carboxylic acids is 1. The third-order valence-corrected chi connectivity index (χ3v) is 2.65. The quantitative estimate of drug-likeness (QED) is 0.804. The highest BCUT2D eigenvalue weighted by Gasteiger charge is 2.00. The summed E-state index contributed by atoms with van der Waals surface area (Å²) in [7, 11) is 0. The van der Waals surface area contributed by atoms with Crippen molar-refractivity contribution in [3.8, 4) is 0 Å². The van der Waals surface area contributed by atoms with Crippen LogP contribution in [0.3, 0.4) is 0 Å². The number of nitrogens with one attached hydrogen (secondary N) is 2. The number of amides is 1. The molecule has 0 unspecified atom stereocenters. The maximum absolute atomic E-state index is 11.2. The lowest BCUT2D eigenvalue weighted by atomic mass is 10.2. The SMILES string of the molecule is C1CCNCC1.C=CCNC(=O)c1ccccc1. The number of hydrogen-bond donors (Lipinski definition) is 2. The van der Waals surface area contributed by atoms with Gasteiger partial charge in [-0.25, -0.2) is 0 Å². The molecule has 1 aromatic rings. The van der Waals surface area contributed by atoms with Gasteiger partial charge in [0.2, 0.25) is 0 Å². The van der Waals surface area contributed by atoms with E-state index in [1.807, 2.05) is 18.2 Å². The Hall–Kier alpha value is -1.61. The third-order valence-electron chi connectivity index (χ3n) is 2.65. The number of benzene rings is 1. The van der Waals surface area contributed by atoms with E-state index in [-0.39, 0.29) is 5.91 Å². The van der Waals surface area contributed by atoms with Gasteiger partial charge < -0.3 is 10.6 Å². The van der Waals surface area contributed by atoms with E-state index in [1.54, 1.807) is 18.2 Å². The monoisotopic (exact) mass is 246 g/mol. The minimum Gasteiger partial charge on any atom is -0.349 e. The number of piperidine rings is 1. The highest BCUT2D eigenvalue weighted by atomic mass is 16.1. The Kier molecular flexibility index (Phi) is 7.57. The minimum atomic E-state index is -0.0597. The molecule has 1 aliphatic heterocycles. The summed E-state index contributed by atoms with van der Waals surface area (Å²) >= 11 is 0. The Morgan fingerprint density at radius 2 is 1.89 bits per heavy atom. The molecule has 18 heavy (non-hydrogen) atoms. The van der Waals surface area contributed by atoms with E-state index >= 15 is 0 Å². The van der Waals surface area contributed by atoms with Crippen LogP contribution in [0, 0.1) is 0 Å². The van der Waals surface area contributed by atoms with Gasteiger partial charge in [0.25, 0.3) is 5.91 Å². The molecular formula is C15H22N2O. The van der Waals surface area contributed by atoms with Crippen molar-refractivity contribution < 1.29 is 4.79 Å². The Morgan fingerprint density at radius 1 is 1.22 bits per heavy atom. The van der Waals surface area contributed by atoms with Crippen molar-refractivity contribution in [3.63, 3.8) is 0 Å². The van der Waals surface area contributed by atoms with Crippen molar-refractivity contribution in [1.29, 1.82) is 0 Å². The fourth-order valence-corrected chi connectivity index (χ4v) is 1.66. The van der Waals surface area contributed by atoms with E-state index in [0.717, 1.165) is 0 Å². The summed E-state index contributed by atoms with van der Waals surface area (Å²) in [6.07, 6.45) is 5.87. The lowest BCUT2D eigenvalue weighted by Crippen LogP contribution is -2.22. The van der Waals surface area contributed by atoms with Gasteiger partial charge in [0.05, 0.1) is 0 Å². The molecule has 2 rings (SSSR count). The maximum atomic E-state index is 11.2. The first-order valence-electron chi connectivity index (χ1n) is 6.49. The molecule has 98 valence electrons. The van der Waals surface area contributed by atoms with Crippen LogP contribution in [0.5, 0.6) is 0 Å². The van der Waals surface area contributed by atoms with Crippen LogP contribution in [0.2, 0.25) is 0 Å². The van der Waals surface area contributed by atoms with Gasteiger partial charge in [-0.15, -0.1) is 6.58 Å². The van der Waals surface area contributed by atoms with E-state index in [4.69, 9.17) is 0 Å². The zero-order chi connectivity index (χ0) is 13.1. The van der Waals surface area contributed by atoms with Crippen molar-refractivity contribution in [3.05, 3.63) is 48.6 Å². The highest BCUT2D eigenvalue weighted by molar-refractivity contribution is 5.94. The van der Waals surface area contributed by atoms with Crippen molar-refractivity contribution >= 4 is 5.91 Å². The van der Waals surface area contributed by atoms with Crippen molar-refractivity contribution in [1.82, 2.24) is 10.6 Å². The third kappa shape index (κ3) is 6.21. The number of rotatable bonds is 3. The first kappa shape index (κ1) is 14.5. The fourth-order valence-electron chi connectivity index (χ4n) is 1.66. The smallest absolute Gasteiger partial charge is 0.251 e. The second-order valence-corrected chi connectivity index (χ2v) is 4.18. The minimum absolute atomic E-state index is 0.0597. The summed E-state index contributed by atoms with van der Waals surface area (Å²) in [4.78, 5) is 11.2. The molecule has 0 aromatic heterocycles. The summed E-state index contributed by atoms with van der Waals surface area (Å²) in [5.41, 5.74) is 0.680. The van der Waals surface area contributed by atoms with E-state index in [0.29, 0.717) is 12.1 Å². The molecule has 1 saturated heterocycles. The average Bonchev–Trinajstić information content (AvgIpc) is 2.48. The summed E-state index contributed by atoms with van der Waals surface area (Å²) in [6, 6.07) is 9.10. The lowest BCUT2D eigenvalue weighted by molar-refractivity contribution is 0.0958. The first-order chi connectivity index (χ1) is 8.84. The van der Waals surface area contributed by atoms with Gasteiger partial charge in [-0.2, -0.15) is 0 Å². The van der Waals surface area contributed by atoms with Crippen molar-refractivity contribution in [2.45, 2.75) is 19.3 Å². The fraction of sp³-hybridized carbons (Fsp3) is 0.400. The van der Waals surface area contributed by atoms with Gasteiger partial charge in [0, 0.05) is 12.1 Å². The molecule has 0 spiro atoms. The molecule has 1 aliphatic rings. The van der Waals surface area contributed by atoms with Crippen LogP contribution in [-0.4, -0.2) is 25.5 Å². The summed E-state index contributed by atoms with van der Waals surface area (Å²) in [6.45, 7) is 6.52. The summed E-state index contributed by atoms with van der Waals surface area (Å²) in [5, 5.41) is 5.98. The van der Waals surface area contributed by atoms with Gasteiger partial charge >= 0.3 is 0 Å². The van der Waals surface area contributed by atoms with Crippen LogP contribution >= 0.6 is 0 Å². The lowest BCUT2D eigenvalue weighted by Gasteiger charge is -2.08. The van der Waals surface area contributed by atoms with Gasteiger partial charge in [0.1, 0.15) is 0 Å². The predicted octanol–water partition coefficient (Wildman–Crippen LogP) is 2.36. The summed E-state index contributed by atoms with van der Waals surface area (Å²) in [5.74, 6) is -0.0597. The van der Waals surface area contributed by atoms with E-state index < -0.39 is 0 Å². The van der Waals surface area contributed by atoms with Gasteiger partial charge in [0.15, 0.2) is 0 Å². The van der Waals surface area contributed by atoms with Crippen LogP contribution < -0.4 is 10.6 Å². The molecule has 0 saturated carbocycles. The van der Waals surface area contributed by atoms with Crippen LogP contribution in [0.25, 0.3) is 0 Å². The molecule has 0 bridgehead atoms. The number of carbonyl (C=O) groups is 1. The second kappa shape index (κ2) is 9.42. The topological polar surface area (TPSA) is 41.1 Å². The Bertz CT molecular complexity index is 333. The first-order valence-corrected chi connectivity index (χ1v) is 6.49. The van der Waals surface area contributed by atoms with E-state index in [1.165, 1.54) is 32.4 Å². The van der Waals surface area contributed by atoms with E-state index in [2.05, 4.69) is 17.2 Å². The summed E-state index contributed by atoms with van der Waals surface area (Å²) < 4.78 is 0. The molecule has 3 nitrogen and oxygen atoms in total. The molecule has 2 N–H and O–H groups in total. The number of hydrogen-bond acceptors (Lipinski definition) is 2. The average molecular weight is 246 g/mol. The molecule has 0 radical (unpaired) electrons. The zero-order valence-corrected chi connectivity index (χ0v) is 10.8. The van der Waals surface area contributed by atoms with Crippen LogP contribution in [0.15, 0.2) is 43.0 Å². The highest BCUT2D eigenvalue weighted by Crippen LogP contribution is 1.97. The van der Waals surface area contributed by atoms with Crippen molar-refractivity contribution in [2.75, 3.05) is 19.6 Å². The Labute approximate surface area is 109 Å². The predicted molar refractivity (Wildman–Crippen MR) is 75.7 cm³/mol. The molecule has 1 aromatic carbocycles. The molecule has 1 heterocycles. The standard InChI is InChI=1S/C10H11NO.C5H11N/c1-2-8-11-10(12)9-6-4-3-5-7-9;1-2-4-6-5-3-1/h2-7H,1,8H2,(H,11,12);6H,1-5H2. The maximum Gasteiger partial charge on any atom is 0.251 e. The largest absolute Gasteiger partial charge is 0.349 e. The van der Waals surface area contributed by atoms with E-state index in [9.17, 15) is 4.79 Å². The van der Waals surface area contributed by atoms with Gasteiger partial charge in [-0.1, -0.05) is 30.7 Å².